The fourth-order valence-corrected chi connectivity index (χ4v) is 16.2. The van der Waals surface area contributed by atoms with E-state index in [0.717, 1.165) is 23.0 Å². The highest BCUT2D eigenvalue weighted by atomic mass is 31.3. The number of aliphatic hydroxyl groups excluding tert-OH is 3. The topological polar surface area (TPSA) is 524 Å². The van der Waals surface area contributed by atoms with Gasteiger partial charge in [-0.15, -0.1) is 0 Å². The lowest BCUT2D eigenvalue weighted by molar-refractivity contribution is -0.0541. The molecule has 74 heavy (non-hydrogen) atoms. The Morgan fingerprint density at radius 1 is 0.608 bits per heavy atom. The average molecular weight is 1190 g/mol. The maximum absolute atomic E-state index is 13.3. The van der Waals surface area contributed by atoms with E-state index in [2.05, 4.69) is 50.5 Å². The molecule has 5 aromatic rings. The molecular formula is C33H42N5O29P7. The lowest BCUT2D eigenvalue weighted by Crippen LogP contribution is -2.36. The van der Waals surface area contributed by atoms with Crippen LogP contribution < -0.4 is 22.1 Å². The molecule has 1 aliphatic rings. The normalized spacial score (nSPS) is 22.9. The fraction of sp³-hybridized carbons (Fsp3) is 0.333. The van der Waals surface area contributed by atoms with E-state index in [4.69, 9.17) is 15.6 Å². The van der Waals surface area contributed by atoms with Crippen LogP contribution in [0, 0.1) is 0 Å². The summed E-state index contributed by atoms with van der Waals surface area (Å²) in [7, 11) is -44.8. The largest absolute Gasteiger partial charge is 0.490 e. The number of hydrogen-bond acceptors (Lipinski definition) is 24. The Kier molecular flexibility index (Phi) is 18.7. The van der Waals surface area contributed by atoms with Gasteiger partial charge in [0, 0.05) is 37.0 Å². The van der Waals surface area contributed by atoms with Gasteiger partial charge in [-0.2, -0.15) is 30.8 Å². The van der Waals surface area contributed by atoms with Gasteiger partial charge in [0.2, 0.25) is 0 Å². The third-order valence-electron chi connectivity index (χ3n) is 9.74. The number of amides is 2. The summed E-state index contributed by atoms with van der Waals surface area (Å²) in [6, 6.07) is 14.7. The second-order valence-corrected chi connectivity index (χ2v) is 26.1. The molecule has 0 spiro atoms. The Balaban J connectivity index is 0.964. The number of carbonyl (C=O) groups excluding carboxylic acids is 2. The van der Waals surface area contributed by atoms with Crippen molar-refractivity contribution in [2.45, 2.75) is 37.4 Å². The molecule has 4 aromatic carbocycles. The summed E-state index contributed by atoms with van der Waals surface area (Å²) < 4.78 is 123. The summed E-state index contributed by atoms with van der Waals surface area (Å²) >= 11 is 0. The summed E-state index contributed by atoms with van der Waals surface area (Å²) in [5, 5.41) is 38.9. The molecule has 6 rings (SSSR count). The van der Waals surface area contributed by atoms with Gasteiger partial charge < -0.3 is 70.7 Å². The van der Waals surface area contributed by atoms with E-state index >= 15 is 0 Å². The number of aromatic nitrogens is 2. The maximum atomic E-state index is 13.3. The van der Waals surface area contributed by atoms with Gasteiger partial charge in [0.05, 0.1) is 13.2 Å². The van der Waals surface area contributed by atoms with Crippen LogP contribution in [0.2, 0.25) is 0 Å². The molecule has 408 valence electrons. The van der Waals surface area contributed by atoms with Gasteiger partial charge in [-0.25, -0.2) is 36.7 Å². The number of nitrogen functional groups attached to an aromatic ring is 1. The van der Waals surface area contributed by atoms with Crippen molar-refractivity contribution in [2.75, 3.05) is 38.6 Å². The van der Waals surface area contributed by atoms with Crippen LogP contribution in [-0.2, 0) is 71.6 Å². The average Bonchev–Trinajstić information content (AvgIpc) is 3.53. The zero-order valence-electron chi connectivity index (χ0n) is 36.9. The van der Waals surface area contributed by atoms with Crippen LogP contribution in [-0.4, -0.2) is 122 Å². The number of aliphatic hydroxyl groups is 3. The Morgan fingerprint density at radius 2 is 1.03 bits per heavy atom. The molecular weight excluding hydrogens is 1150 g/mol. The first-order valence-corrected chi connectivity index (χ1v) is 30.8. The highest BCUT2D eigenvalue weighted by Gasteiger charge is 2.51. The van der Waals surface area contributed by atoms with E-state index in [0.29, 0.717) is 38.1 Å². The highest BCUT2D eigenvalue weighted by molar-refractivity contribution is 7.73. The van der Waals surface area contributed by atoms with E-state index in [1.807, 2.05) is 12.1 Å². The molecule has 1 fully saturated rings. The summed E-state index contributed by atoms with van der Waals surface area (Å²) in [5.74, 6) is -1.23. The van der Waals surface area contributed by atoms with Gasteiger partial charge >= 0.3 is 60.4 Å². The zero-order valence-corrected chi connectivity index (χ0v) is 43.1. The SMILES string of the molecule is Nc1ccn([C@@H]2O[C@H](COP(=O)(O)OP(=O)(O)OP(=O)(O)OP(=O)(O)OP(=O)(O)OP(=O)(O)OP(=O)(O)OCCCNC(=O)c3ccc4ccc5ccc(C(=O)NCCCO)c6ccc3c4c56)[C@@H](O)[C@H]2O)c(=O)n1. The smallest absolute Gasteiger partial charge is 0.396 e. The summed E-state index contributed by atoms with van der Waals surface area (Å²) in [4.78, 5) is 110. The van der Waals surface area contributed by atoms with Gasteiger partial charge in [-0.05, 0) is 63.4 Å². The molecule has 34 nitrogen and oxygen atoms in total. The highest BCUT2D eigenvalue weighted by Crippen LogP contribution is 2.76. The molecule has 1 saturated heterocycles. The van der Waals surface area contributed by atoms with Gasteiger partial charge in [0.15, 0.2) is 6.23 Å². The van der Waals surface area contributed by atoms with Crippen LogP contribution in [0.5, 0.6) is 0 Å². The van der Waals surface area contributed by atoms with Gasteiger partial charge in [0.1, 0.15) is 24.1 Å². The molecule has 1 aliphatic heterocycles. The number of phosphoric acid groups is 7. The van der Waals surface area contributed by atoms with Crippen LogP contribution in [0.4, 0.5) is 5.82 Å². The quantitative estimate of drug-likeness (QED) is 0.0214. The second kappa shape index (κ2) is 23.2. The van der Waals surface area contributed by atoms with Gasteiger partial charge in [-0.1, -0.05) is 36.4 Å². The summed E-state index contributed by atoms with van der Waals surface area (Å²) in [6.07, 6.45) is -6.38. The third kappa shape index (κ3) is 15.5. The van der Waals surface area contributed by atoms with Crippen molar-refractivity contribution in [3.8, 4) is 0 Å². The van der Waals surface area contributed by atoms with Crippen molar-refractivity contribution in [3.05, 3.63) is 82.4 Å². The molecule has 11 atom stereocenters. The van der Waals surface area contributed by atoms with E-state index in [9.17, 15) is 90.8 Å². The summed E-state index contributed by atoms with van der Waals surface area (Å²) in [6.45, 7) is -2.28. The van der Waals surface area contributed by atoms with Gasteiger partial charge in [0.25, 0.3) is 11.8 Å². The zero-order chi connectivity index (χ0) is 54.8. The first-order chi connectivity index (χ1) is 34.2. The second-order valence-electron chi connectivity index (χ2n) is 15.1. The van der Waals surface area contributed by atoms with Crippen LogP contribution in [0.3, 0.4) is 0 Å². The molecule has 14 N–H and O–H groups in total. The number of anilines is 1. The molecule has 2 heterocycles. The molecule has 0 aliphatic carbocycles. The minimum absolute atomic E-state index is 0.114. The van der Waals surface area contributed by atoms with E-state index in [1.165, 1.54) is 6.07 Å². The monoisotopic (exact) mass is 1190 g/mol. The number of phosphoric ester groups is 2. The molecule has 0 bridgehead atoms. The van der Waals surface area contributed by atoms with Crippen molar-refractivity contribution in [2.24, 2.45) is 0 Å². The minimum atomic E-state index is -6.72. The van der Waals surface area contributed by atoms with Crippen LogP contribution in [0.25, 0.3) is 32.3 Å². The number of nitrogens with zero attached hydrogens (tertiary/aromatic N) is 2. The van der Waals surface area contributed by atoms with Gasteiger partial charge in [-0.3, -0.25) is 23.2 Å². The fourth-order valence-electron chi connectivity index (χ4n) is 6.91. The lowest BCUT2D eigenvalue weighted by Gasteiger charge is -2.21. The number of benzene rings is 4. The molecule has 0 radical (unpaired) electrons. The maximum Gasteiger partial charge on any atom is 0.490 e. The Hall–Kier alpha value is -3.61. The number of nitrogens with two attached hydrogens (primary N) is 1. The number of nitrogens with one attached hydrogen (secondary N) is 2. The first kappa shape index (κ1) is 59.6. The Bertz CT molecular complexity index is 3340. The van der Waals surface area contributed by atoms with Crippen molar-refractivity contribution in [1.82, 2.24) is 20.2 Å². The molecule has 1 aromatic heterocycles. The molecule has 41 heteroatoms. The van der Waals surface area contributed by atoms with Crippen LogP contribution >= 0.6 is 54.8 Å². The first-order valence-electron chi connectivity index (χ1n) is 20.3. The predicted octanol–water partition coefficient (Wildman–Crippen LogP) is 2.11. The number of hydrogen-bond donors (Lipinski definition) is 13. The van der Waals surface area contributed by atoms with Crippen molar-refractivity contribution < 1.29 is 131 Å². The van der Waals surface area contributed by atoms with Crippen molar-refractivity contribution >= 4 is 105 Å². The number of ether oxygens (including phenoxy) is 1. The van der Waals surface area contributed by atoms with E-state index in [1.54, 1.807) is 30.3 Å². The van der Waals surface area contributed by atoms with Crippen LogP contribution in [0.1, 0.15) is 39.8 Å². The standard InChI is InChI=1S/C33H42N5O29P7/c34-25-11-14-38(33(44)37-25)32-29(41)28(40)24(61-32)17-60-69(47,48)63-71(51,52)65-73(55,56)67-74(57,58)66-72(53,54)64-70(49,50)62-68(45,46)59-16-2-13-36-31(43)23-8-6-19-4-3-18-5-7-22(30(42)35-12-1-15-39)20-9-10-21(23)27(19)26(18)20/h3-11,14,24,28-29,32,39-41H,1-2,12-13,15-17H2,(H,35,42)(H,36,43)(H,45,46)(H,47,48)(H,49,50)(H,51,52)(H,53,54)(H,55,56)(H,57,58)(H2,34,37,44)/t24-,28-,29-,32-/m1/s1. The number of carbonyl (C=O) groups is 2. The number of rotatable bonds is 26. The molecule has 2 amide bonds. The van der Waals surface area contributed by atoms with E-state index in [-0.39, 0.29) is 43.4 Å². The third-order valence-corrected chi connectivity index (χ3v) is 20.6. The lowest BCUT2D eigenvalue weighted by atomic mass is 9.89. The van der Waals surface area contributed by atoms with Crippen LogP contribution in [0.15, 0.2) is 65.6 Å². The van der Waals surface area contributed by atoms with Crippen molar-refractivity contribution in [1.29, 1.82) is 0 Å². The molecule has 0 saturated carbocycles. The van der Waals surface area contributed by atoms with E-state index < -0.39 is 104 Å². The Morgan fingerprint density at radius 3 is 1.47 bits per heavy atom. The Labute approximate surface area is 413 Å². The van der Waals surface area contributed by atoms with Crippen molar-refractivity contribution in [3.63, 3.8) is 0 Å². The predicted molar refractivity (Wildman–Crippen MR) is 247 cm³/mol. The summed E-state index contributed by atoms with van der Waals surface area (Å²) in [5.41, 5.74) is 4.86. The minimum Gasteiger partial charge on any atom is -0.396 e. The molecule has 7 unspecified atom stereocenters.